The number of aromatic nitrogens is 2. The van der Waals surface area contributed by atoms with Crippen LogP contribution in [-0.2, 0) is 17.8 Å². The molecule has 0 saturated heterocycles. The Bertz CT molecular complexity index is 1140. The predicted octanol–water partition coefficient (Wildman–Crippen LogP) is 5.50. The Hall–Kier alpha value is -3.31. The van der Waals surface area contributed by atoms with Gasteiger partial charge in [0.2, 0.25) is 0 Å². The summed E-state index contributed by atoms with van der Waals surface area (Å²) in [5, 5.41) is 0.682. The van der Waals surface area contributed by atoms with Crippen molar-refractivity contribution in [3.63, 3.8) is 0 Å². The monoisotopic (exact) mass is 399 g/mol. The Kier molecular flexibility index (Phi) is 5.77. The first-order valence-electron chi connectivity index (χ1n) is 9.57. The summed E-state index contributed by atoms with van der Waals surface area (Å²) in [7, 11) is 0. The molecule has 2 heterocycles. The van der Waals surface area contributed by atoms with Crippen LogP contribution in [0.2, 0.25) is 0 Å². The summed E-state index contributed by atoms with van der Waals surface area (Å²) in [4.78, 5) is 23.9. The lowest BCUT2D eigenvalue weighted by atomic mass is 10.2. The van der Waals surface area contributed by atoms with E-state index in [1.807, 2.05) is 60.7 Å². The van der Waals surface area contributed by atoms with E-state index >= 15 is 0 Å². The summed E-state index contributed by atoms with van der Waals surface area (Å²) in [5.41, 5.74) is 3.98. The average Bonchev–Trinajstić information content (AvgIpc) is 3.20. The molecule has 29 heavy (non-hydrogen) atoms. The third-order valence-electron chi connectivity index (χ3n) is 4.61. The molecule has 1 amide bonds. The molecule has 0 N–H and O–H groups in total. The van der Waals surface area contributed by atoms with Gasteiger partial charge in [0.05, 0.1) is 22.5 Å². The van der Waals surface area contributed by atoms with E-state index < -0.39 is 0 Å². The van der Waals surface area contributed by atoms with E-state index in [1.165, 1.54) is 16.9 Å². The number of carbonyl (C=O) groups excluding carboxylic acids is 1. The molecule has 0 bridgehead atoms. The van der Waals surface area contributed by atoms with E-state index in [9.17, 15) is 4.79 Å². The normalized spacial score (nSPS) is 11.2. The molecule has 4 aromatic rings. The van der Waals surface area contributed by atoms with Gasteiger partial charge >= 0.3 is 0 Å². The van der Waals surface area contributed by atoms with Crippen LogP contribution in [0.5, 0.6) is 0 Å². The number of nitrogens with zero attached hydrogens (tertiary/aromatic N) is 3. The highest BCUT2D eigenvalue weighted by atomic mass is 32.1. The van der Waals surface area contributed by atoms with E-state index in [0.717, 1.165) is 27.9 Å². The largest absolute Gasteiger partial charge is 0.278 e. The smallest absolute Gasteiger partial charge is 0.253 e. The van der Waals surface area contributed by atoms with Gasteiger partial charge in [-0.25, -0.2) is 4.98 Å². The Morgan fingerprint density at radius 1 is 1.07 bits per heavy atom. The molecule has 2 aromatic carbocycles. The number of aryl methyl sites for hydroxylation is 1. The first-order chi connectivity index (χ1) is 14.2. The van der Waals surface area contributed by atoms with Gasteiger partial charge in [-0.05, 0) is 47.9 Å². The Balaban J connectivity index is 1.68. The SMILES string of the molecule is CCc1ccc2nc(N(Cc3ccccn3)C(=O)/C=C/c3ccccc3)sc2c1. The molecular weight excluding hydrogens is 378 g/mol. The molecule has 4 rings (SSSR count). The van der Waals surface area contributed by atoms with Crippen molar-refractivity contribution in [2.45, 2.75) is 19.9 Å². The third-order valence-corrected chi connectivity index (χ3v) is 5.65. The molecule has 0 fully saturated rings. The van der Waals surface area contributed by atoms with Gasteiger partial charge in [0.1, 0.15) is 0 Å². The van der Waals surface area contributed by atoms with Crippen molar-refractivity contribution in [1.82, 2.24) is 9.97 Å². The van der Waals surface area contributed by atoms with Gasteiger partial charge in [0.25, 0.3) is 5.91 Å². The van der Waals surface area contributed by atoms with Gasteiger partial charge in [-0.1, -0.05) is 60.7 Å². The molecular formula is C24H21N3OS. The summed E-state index contributed by atoms with van der Waals surface area (Å²) >= 11 is 1.54. The number of rotatable bonds is 6. The van der Waals surface area contributed by atoms with Crippen LogP contribution in [0.4, 0.5) is 5.13 Å². The zero-order valence-electron chi connectivity index (χ0n) is 16.2. The highest BCUT2D eigenvalue weighted by Crippen LogP contribution is 2.31. The number of anilines is 1. The van der Waals surface area contributed by atoms with Gasteiger partial charge in [-0.15, -0.1) is 0 Å². The van der Waals surface area contributed by atoms with Crippen molar-refractivity contribution in [2.24, 2.45) is 0 Å². The molecule has 0 aliphatic carbocycles. The minimum absolute atomic E-state index is 0.116. The van der Waals surface area contributed by atoms with Crippen molar-refractivity contribution >= 4 is 38.7 Å². The fraction of sp³-hybridized carbons (Fsp3) is 0.125. The molecule has 0 atom stereocenters. The molecule has 5 heteroatoms. The van der Waals surface area contributed by atoms with Crippen molar-refractivity contribution in [2.75, 3.05) is 4.90 Å². The number of amides is 1. The van der Waals surface area contributed by atoms with Crippen LogP contribution in [0.25, 0.3) is 16.3 Å². The van der Waals surface area contributed by atoms with Gasteiger partial charge < -0.3 is 0 Å². The maximum atomic E-state index is 13.1. The minimum Gasteiger partial charge on any atom is -0.278 e. The highest BCUT2D eigenvalue weighted by Gasteiger charge is 2.19. The quantitative estimate of drug-likeness (QED) is 0.402. The lowest BCUT2D eigenvalue weighted by Gasteiger charge is -2.17. The van der Waals surface area contributed by atoms with E-state index in [1.54, 1.807) is 17.2 Å². The van der Waals surface area contributed by atoms with Gasteiger partial charge in [0, 0.05) is 12.3 Å². The number of fused-ring (bicyclic) bond motifs is 1. The first kappa shape index (κ1) is 19.0. The summed E-state index contributed by atoms with van der Waals surface area (Å²) in [6.45, 7) is 2.51. The fourth-order valence-corrected chi connectivity index (χ4v) is 4.04. The molecule has 0 aliphatic heterocycles. The van der Waals surface area contributed by atoms with Crippen LogP contribution < -0.4 is 4.90 Å². The second-order valence-corrected chi connectivity index (χ2v) is 7.65. The fourth-order valence-electron chi connectivity index (χ4n) is 3.01. The zero-order chi connectivity index (χ0) is 20.1. The molecule has 0 aliphatic rings. The summed E-state index contributed by atoms with van der Waals surface area (Å²) < 4.78 is 1.09. The number of hydrogen-bond acceptors (Lipinski definition) is 4. The zero-order valence-corrected chi connectivity index (χ0v) is 17.0. The minimum atomic E-state index is -0.116. The first-order valence-corrected chi connectivity index (χ1v) is 10.4. The van der Waals surface area contributed by atoms with Crippen molar-refractivity contribution in [1.29, 1.82) is 0 Å². The van der Waals surface area contributed by atoms with E-state index in [0.29, 0.717) is 11.7 Å². The van der Waals surface area contributed by atoms with Gasteiger partial charge in [-0.3, -0.25) is 14.7 Å². The molecule has 144 valence electrons. The standard InChI is InChI=1S/C24H21N3OS/c1-2-18-11-13-21-22(16-18)29-24(26-21)27(17-20-10-6-7-15-25-20)23(28)14-12-19-8-4-3-5-9-19/h3-16H,2,17H2,1H3/b14-12+. The summed E-state index contributed by atoms with van der Waals surface area (Å²) in [6.07, 6.45) is 6.14. The van der Waals surface area contributed by atoms with E-state index in [2.05, 4.69) is 24.0 Å². The number of benzene rings is 2. The van der Waals surface area contributed by atoms with Crippen molar-refractivity contribution in [3.8, 4) is 0 Å². The number of thiazole rings is 1. The number of carbonyl (C=O) groups is 1. The molecule has 0 unspecified atom stereocenters. The molecule has 4 nitrogen and oxygen atoms in total. The van der Waals surface area contributed by atoms with Crippen LogP contribution in [0, 0.1) is 0 Å². The predicted molar refractivity (Wildman–Crippen MR) is 120 cm³/mol. The lowest BCUT2D eigenvalue weighted by Crippen LogP contribution is -2.29. The second-order valence-electron chi connectivity index (χ2n) is 6.64. The van der Waals surface area contributed by atoms with Gasteiger partial charge in [-0.2, -0.15) is 0 Å². The van der Waals surface area contributed by atoms with Gasteiger partial charge in [0.15, 0.2) is 5.13 Å². The topological polar surface area (TPSA) is 46.1 Å². The summed E-state index contributed by atoms with van der Waals surface area (Å²) in [5.74, 6) is -0.116. The maximum absolute atomic E-state index is 13.1. The summed E-state index contributed by atoms with van der Waals surface area (Å²) in [6, 6.07) is 21.8. The van der Waals surface area contributed by atoms with Crippen LogP contribution in [0.3, 0.4) is 0 Å². The second kappa shape index (κ2) is 8.80. The van der Waals surface area contributed by atoms with Crippen molar-refractivity contribution in [3.05, 3.63) is 95.8 Å². The molecule has 0 saturated carbocycles. The van der Waals surface area contributed by atoms with Crippen LogP contribution in [-0.4, -0.2) is 15.9 Å². The Morgan fingerprint density at radius 2 is 1.90 bits per heavy atom. The molecule has 0 spiro atoms. The maximum Gasteiger partial charge on any atom is 0.253 e. The third kappa shape index (κ3) is 4.58. The van der Waals surface area contributed by atoms with E-state index in [4.69, 9.17) is 4.98 Å². The Labute approximate surface area is 174 Å². The number of pyridine rings is 1. The number of hydrogen-bond donors (Lipinski definition) is 0. The molecule has 0 radical (unpaired) electrons. The van der Waals surface area contributed by atoms with Crippen LogP contribution >= 0.6 is 11.3 Å². The lowest BCUT2D eigenvalue weighted by molar-refractivity contribution is -0.114. The average molecular weight is 400 g/mol. The highest BCUT2D eigenvalue weighted by molar-refractivity contribution is 7.22. The van der Waals surface area contributed by atoms with Crippen LogP contribution in [0.1, 0.15) is 23.7 Å². The van der Waals surface area contributed by atoms with Crippen LogP contribution in [0.15, 0.2) is 79.0 Å². The van der Waals surface area contributed by atoms with E-state index in [-0.39, 0.29) is 5.91 Å². The molecule has 2 aromatic heterocycles. The van der Waals surface area contributed by atoms with Crippen molar-refractivity contribution < 1.29 is 4.79 Å². The Morgan fingerprint density at radius 3 is 2.66 bits per heavy atom.